The Hall–Kier alpha value is -2.73. The first-order chi connectivity index (χ1) is 14.0. The van der Waals surface area contributed by atoms with Gasteiger partial charge in [0.2, 0.25) is 11.8 Å². The minimum absolute atomic E-state index is 0.0816. The van der Waals surface area contributed by atoms with E-state index >= 15 is 0 Å². The van der Waals surface area contributed by atoms with Crippen LogP contribution in [0.25, 0.3) is 0 Å². The Morgan fingerprint density at radius 1 is 0.931 bits per heavy atom. The minimum atomic E-state index is -0.211. The fourth-order valence-electron chi connectivity index (χ4n) is 4.72. The van der Waals surface area contributed by atoms with Crippen LogP contribution in [0.15, 0.2) is 65.2 Å². The molecule has 1 saturated heterocycles. The standard InChI is InChI=1S/C23H18BrNO4/c24-16-5-3-13(4-6-16)19(26)12-29-18-9-7-17(8-10-18)25-22(27)20-14-1-2-15(11-14)21(20)23(25)28/h1-10,14-15,20-21H,11-12H2/t14-,15+,20-,21-/m0/s1. The van der Waals surface area contributed by atoms with E-state index in [0.29, 0.717) is 17.0 Å². The fourth-order valence-corrected chi connectivity index (χ4v) is 4.98. The number of rotatable bonds is 5. The summed E-state index contributed by atoms with van der Waals surface area (Å²) in [5, 5.41) is 0. The van der Waals surface area contributed by atoms with Gasteiger partial charge in [-0.25, -0.2) is 0 Å². The Balaban J connectivity index is 1.26. The second kappa shape index (κ2) is 6.95. The molecule has 2 aromatic carbocycles. The molecule has 1 aliphatic heterocycles. The summed E-state index contributed by atoms with van der Waals surface area (Å²) in [6.45, 7) is -0.0816. The van der Waals surface area contributed by atoms with Crippen molar-refractivity contribution in [2.75, 3.05) is 11.5 Å². The monoisotopic (exact) mass is 451 g/mol. The van der Waals surface area contributed by atoms with Gasteiger partial charge in [0.25, 0.3) is 0 Å². The fraction of sp³-hybridized carbons (Fsp3) is 0.261. The van der Waals surface area contributed by atoms with Gasteiger partial charge in [-0.05, 0) is 54.7 Å². The molecule has 0 aromatic heterocycles. The molecule has 2 fully saturated rings. The predicted octanol–water partition coefficient (Wildman–Crippen LogP) is 4.02. The molecule has 1 heterocycles. The number of benzene rings is 2. The van der Waals surface area contributed by atoms with Crippen LogP contribution < -0.4 is 9.64 Å². The van der Waals surface area contributed by atoms with E-state index in [1.807, 2.05) is 12.1 Å². The van der Waals surface area contributed by atoms with E-state index < -0.39 is 0 Å². The number of amides is 2. The average Bonchev–Trinajstić information content (AvgIpc) is 3.41. The molecule has 0 N–H and O–H groups in total. The number of carbonyl (C=O) groups excluding carboxylic acids is 3. The van der Waals surface area contributed by atoms with E-state index in [0.717, 1.165) is 10.9 Å². The molecule has 29 heavy (non-hydrogen) atoms. The lowest BCUT2D eigenvalue weighted by Gasteiger charge is -2.17. The second-order valence-corrected chi connectivity index (χ2v) is 8.64. The molecule has 2 aromatic rings. The van der Waals surface area contributed by atoms with Gasteiger partial charge in [0, 0.05) is 10.0 Å². The molecule has 0 spiro atoms. The smallest absolute Gasteiger partial charge is 0.238 e. The van der Waals surface area contributed by atoms with E-state index in [9.17, 15) is 14.4 Å². The average molecular weight is 452 g/mol. The first-order valence-corrected chi connectivity index (χ1v) is 10.4. The molecular weight excluding hydrogens is 434 g/mol. The highest BCUT2D eigenvalue weighted by atomic mass is 79.9. The number of anilines is 1. The van der Waals surface area contributed by atoms with Crippen LogP contribution in [0.5, 0.6) is 5.75 Å². The second-order valence-electron chi connectivity index (χ2n) is 7.72. The first-order valence-electron chi connectivity index (χ1n) is 9.61. The van der Waals surface area contributed by atoms with Gasteiger partial charge in [-0.1, -0.05) is 40.2 Å². The number of hydrogen-bond acceptors (Lipinski definition) is 4. The van der Waals surface area contributed by atoms with Crippen LogP contribution in [-0.4, -0.2) is 24.2 Å². The van der Waals surface area contributed by atoms with Crippen LogP contribution in [0, 0.1) is 23.7 Å². The van der Waals surface area contributed by atoms with Crippen LogP contribution in [0.3, 0.4) is 0 Å². The Kier molecular flexibility index (Phi) is 4.39. The Bertz CT molecular complexity index is 998. The summed E-state index contributed by atoms with van der Waals surface area (Å²) >= 11 is 3.34. The largest absolute Gasteiger partial charge is 0.485 e. The zero-order valence-corrected chi connectivity index (χ0v) is 17.0. The molecule has 146 valence electrons. The third-order valence-electron chi connectivity index (χ3n) is 6.10. The van der Waals surface area contributed by atoms with Gasteiger partial charge in [0.15, 0.2) is 12.4 Å². The van der Waals surface area contributed by atoms with Crippen molar-refractivity contribution in [1.82, 2.24) is 0 Å². The summed E-state index contributed by atoms with van der Waals surface area (Å²) in [4.78, 5) is 39.3. The lowest BCUT2D eigenvalue weighted by atomic mass is 9.85. The van der Waals surface area contributed by atoms with Crippen molar-refractivity contribution >= 4 is 39.2 Å². The lowest BCUT2D eigenvalue weighted by molar-refractivity contribution is -0.123. The topological polar surface area (TPSA) is 63.7 Å². The van der Waals surface area contributed by atoms with Crippen LogP contribution in [0.2, 0.25) is 0 Å². The van der Waals surface area contributed by atoms with E-state index in [-0.39, 0.29) is 47.9 Å². The van der Waals surface area contributed by atoms with Crippen molar-refractivity contribution in [1.29, 1.82) is 0 Å². The van der Waals surface area contributed by atoms with Gasteiger partial charge in [0.1, 0.15) is 5.75 Å². The summed E-state index contributed by atoms with van der Waals surface area (Å²) in [5.74, 6) is 0.153. The third kappa shape index (κ3) is 3.02. The number of halogens is 1. The molecule has 1 saturated carbocycles. The Morgan fingerprint density at radius 3 is 2.10 bits per heavy atom. The van der Waals surface area contributed by atoms with E-state index in [1.54, 1.807) is 36.4 Å². The van der Waals surface area contributed by atoms with Crippen molar-refractivity contribution in [3.05, 3.63) is 70.7 Å². The number of nitrogens with zero attached hydrogens (tertiary/aromatic N) is 1. The van der Waals surface area contributed by atoms with Gasteiger partial charge in [-0.15, -0.1) is 0 Å². The van der Waals surface area contributed by atoms with Crippen molar-refractivity contribution < 1.29 is 19.1 Å². The highest BCUT2D eigenvalue weighted by Crippen LogP contribution is 2.53. The van der Waals surface area contributed by atoms with Crippen molar-refractivity contribution in [3.63, 3.8) is 0 Å². The highest BCUT2D eigenvalue weighted by molar-refractivity contribution is 9.10. The third-order valence-corrected chi connectivity index (χ3v) is 6.63. The summed E-state index contributed by atoms with van der Waals surface area (Å²) < 4.78 is 6.49. The predicted molar refractivity (Wildman–Crippen MR) is 111 cm³/mol. The number of ketones is 1. The maximum Gasteiger partial charge on any atom is 0.238 e. The molecule has 5 nitrogen and oxygen atoms in total. The van der Waals surface area contributed by atoms with Crippen LogP contribution >= 0.6 is 15.9 Å². The normalized spacial score (nSPS) is 26.9. The molecule has 2 bridgehead atoms. The first kappa shape index (κ1) is 18.3. The van der Waals surface area contributed by atoms with Gasteiger partial charge in [-0.3, -0.25) is 19.3 Å². The maximum absolute atomic E-state index is 12.9. The maximum atomic E-state index is 12.9. The molecule has 0 radical (unpaired) electrons. The number of allylic oxidation sites excluding steroid dienone is 2. The number of carbonyl (C=O) groups is 3. The number of ether oxygens (including phenoxy) is 1. The summed E-state index contributed by atoms with van der Waals surface area (Å²) in [6, 6.07) is 13.9. The van der Waals surface area contributed by atoms with E-state index in [2.05, 4.69) is 28.1 Å². The van der Waals surface area contributed by atoms with Gasteiger partial charge in [0.05, 0.1) is 17.5 Å². The van der Waals surface area contributed by atoms with Crippen LogP contribution in [0.1, 0.15) is 16.8 Å². The minimum Gasteiger partial charge on any atom is -0.485 e. The summed E-state index contributed by atoms with van der Waals surface area (Å²) in [7, 11) is 0. The lowest BCUT2D eigenvalue weighted by Crippen LogP contribution is -2.32. The SMILES string of the molecule is O=C(COc1ccc(N2C(=O)[C@@H]3[C@@H](C2=O)[C@H]2C=C[C@@H]3C2)cc1)c1ccc(Br)cc1. The van der Waals surface area contributed by atoms with Crippen molar-refractivity contribution in [3.8, 4) is 5.75 Å². The van der Waals surface area contributed by atoms with E-state index in [1.165, 1.54) is 4.90 Å². The van der Waals surface area contributed by atoms with Gasteiger partial charge >= 0.3 is 0 Å². The molecule has 5 rings (SSSR count). The Labute approximate surface area is 176 Å². The quantitative estimate of drug-likeness (QED) is 0.391. The van der Waals surface area contributed by atoms with Gasteiger partial charge < -0.3 is 4.74 Å². The number of fused-ring (bicyclic) bond motifs is 5. The summed E-state index contributed by atoms with van der Waals surface area (Å²) in [5.41, 5.74) is 1.13. The molecule has 6 heteroatoms. The number of Topliss-reactive ketones (excluding diaryl/α,β-unsaturated/α-hetero) is 1. The molecule has 2 aliphatic carbocycles. The molecule has 4 atom stereocenters. The van der Waals surface area contributed by atoms with Crippen molar-refractivity contribution in [2.24, 2.45) is 23.7 Å². The molecule has 0 unspecified atom stereocenters. The number of hydrogen-bond donors (Lipinski definition) is 0. The van der Waals surface area contributed by atoms with Crippen LogP contribution in [0.4, 0.5) is 5.69 Å². The molecular formula is C23H18BrNO4. The zero-order chi connectivity index (χ0) is 20.1. The summed E-state index contributed by atoms with van der Waals surface area (Å²) in [6.07, 6.45) is 5.08. The molecule has 3 aliphatic rings. The Morgan fingerprint density at radius 2 is 1.52 bits per heavy atom. The zero-order valence-electron chi connectivity index (χ0n) is 15.5. The van der Waals surface area contributed by atoms with Gasteiger partial charge in [-0.2, -0.15) is 0 Å². The van der Waals surface area contributed by atoms with E-state index in [4.69, 9.17) is 4.74 Å². The van der Waals surface area contributed by atoms with Crippen LogP contribution in [-0.2, 0) is 9.59 Å². The molecule has 2 amide bonds. The number of imide groups is 1. The highest BCUT2D eigenvalue weighted by Gasteiger charge is 2.59. The van der Waals surface area contributed by atoms with Crippen molar-refractivity contribution in [2.45, 2.75) is 6.42 Å².